The van der Waals surface area contributed by atoms with Gasteiger partial charge < -0.3 is 5.11 Å². The second-order valence-corrected chi connectivity index (χ2v) is 2.18. The van der Waals surface area contributed by atoms with Crippen molar-refractivity contribution in [2.75, 3.05) is 20.1 Å². The SMILES string of the molecule is CN1CC(=O)C(O)C1. The third-order valence-corrected chi connectivity index (χ3v) is 1.28. The van der Waals surface area contributed by atoms with Gasteiger partial charge in [0.25, 0.3) is 0 Å². The van der Waals surface area contributed by atoms with E-state index < -0.39 is 6.10 Å². The predicted octanol–water partition coefficient (Wildman–Crippen LogP) is -1.14. The number of β-amino-alcohol motifs (C(OH)–C–C–N with tert-alkyl or cyclic N) is 1. The summed E-state index contributed by atoms with van der Waals surface area (Å²) in [5.74, 6) is -0.0625. The molecule has 0 aromatic heterocycles. The van der Waals surface area contributed by atoms with Gasteiger partial charge in [0.15, 0.2) is 5.78 Å². The fourth-order valence-corrected chi connectivity index (χ4v) is 0.833. The number of Topliss-reactive ketones (excluding diaryl/α,β-unsaturated/α-hetero) is 1. The van der Waals surface area contributed by atoms with E-state index in [2.05, 4.69) is 0 Å². The lowest BCUT2D eigenvalue weighted by Gasteiger charge is -2.01. The van der Waals surface area contributed by atoms with Crippen molar-refractivity contribution in [3.63, 3.8) is 0 Å². The number of rotatable bonds is 0. The molecular weight excluding hydrogens is 106 g/mol. The molecule has 46 valence electrons. The molecule has 1 aliphatic rings. The monoisotopic (exact) mass is 115 g/mol. The van der Waals surface area contributed by atoms with Gasteiger partial charge >= 0.3 is 0 Å². The van der Waals surface area contributed by atoms with Crippen molar-refractivity contribution < 1.29 is 9.90 Å². The molecule has 3 heteroatoms. The molecule has 1 unspecified atom stereocenters. The minimum atomic E-state index is -0.722. The van der Waals surface area contributed by atoms with E-state index in [4.69, 9.17) is 5.11 Å². The van der Waals surface area contributed by atoms with Crippen molar-refractivity contribution in [1.29, 1.82) is 0 Å². The van der Waals surface area contributed by atoms with E-state index in [0.717, 1.165) is 0 Å². The van der Waals surface area contributed by atoms with Gasteiger partial charge in [-0.1, -0.05) is 0 Å². The van der Waals surface area contributed by atoms with Crippen LogP contribution in [0.2, 0.25) is 0 Å². The second kappa shape index (κ2) is 1.84. The molecule has 0 aromatic rings. The van der Waals surface area contributed by atoms with Crippen LogP contribution in [0, 0.1) is 0 Å². The summed E-state index contributed by atoms with van der Waals surface area (Å²) in [7, 11) is 1.81. The fourth-order valence-electron chi connectivity index (χ4n) is 0.833. The highest BCUT2D eigenvalue weighted by molar-refractivity contribution is 5.86. The normalized spacial score (nSPS) is 31.8. The van der Waals surface area contributed by atoms with Crippen LogP contribution in [0.25, 0.3) is 0 Å². The molecule has 1 N–H and O–H groups in total. The Kier molecular flexibility index (Phi) is 1.31. The first-order valence-corrected chi connectivity index (χ1v) is 2.59. The number of ketones is 1. The van der Waals surface area contributed by atoms with Crippen LogP contribution in [0.3, 0.4) is 0 Å². The Hall–Kier alpha value is -0.410. The van der Waals surface area contributed by atoms with Crippen molar-refractivity contribution in [3.8, 4) is 0 Å². The van der Waals surface area contributed by atoms with Crippen molar-refractivity contribution in [1.82, 2.24) is 4.90 Å². The third kappa shape index (κ3) is 0.877. The van der Waals surface area contributed by atoms with Gasteiger partial charge in [0.05, 0.1) is 6.54 Å². The van der Waals surface area contributed by atoms with Gasteiger partial charge in [-0.2, -0.15) is 0 Å². The van der Waals surface area contributed by atoms with Crippen LogP contribution < -0.4 is 0 Å². The van der Waals surface area contributed by atoms with Gasteiger partial charge in [0.2, 0.25) is 0 Å². The molecule has 0 spiro atoms. The lowest BCUT2D eigenvalue weighted by Crippen LogP contribution is -2.17. The average molecular weight is 115 g/mol. The minimum Gasteiger partial charge on any atom is -0.384 e. The number of carbonyl (C=O) groups excluding carboxylic acids is 1. The molecule has 1 atom stereocenters. The van der Waals surface area contributed by atoms with Crippen LogP contribution in [-0.4, -0.2) is 42.0 Å². The number of hydrogen-bond donors (Lipinski definition) is 1. The topological polar surface area (TPSA) is 40.5 Å². The van der Waals surface area contributed by atoms with Crippen molar-refractivity contribution in [3.05, 3.63) is 0 Å². The quantitative estimate of drug-likeness (QED) is 0.434. The summed E-state index contributed by atoms with van der Waals surface area (Å²) in [6.45, 7) is 0.903. The highest BCUT2D eigenvalue weighted by atomic mass is 16.3. The van der Waals surface area contributed by atoms with Crippen molar-refractivity contribution >= 4 is 5.78 Å². The van der Waals surface area contributed by atoms with Crippen molar-refractivity contribution in [2.24, 2.45) is 0 Å². The van der Waals surface area contributed by atoms with E-state index in [9.17, 15) is 4.79 Å². The Morgan fingerprint density at radius 1 is 1.88 bits per heavy atom. The van der Waals surface area contributed by atoms with Gasteiger partial charge in [-0.05, 0) is 7.05 Å². The minimum absolute atomic E-state index is 0.0625. The Bertz CT molecular complexity index is 113. The zero-order chi connectivity index (χ0) is 6.15. The predicted molar refractivity (Wildman–Crippen MR) is 28.5 cm³/mol. The van der Waals surface area contributed by atoms with Crippen LogP contribution in [0.5, 0.6) is 0 Å². The molecule has 1 rings (SSSR count). The average Bonchev–Trinajstić information content (AvgIpc) is 1.85. The molecule has 1 aliphatic heterocycles. The van der Waals surface area contributed by atoms with Crippen LogP contribution >= 0.6 is 0 Å². The summed E-state index contributed by atoms with van der Waals surface area (Å²) < 4.78 is 0. The maximum absolute atomic E-state index is 10.5. The van der Waals surface area contributed by atoms with Gasteiger partial charge in [0, 0.05) is 6.54 Å². The Balaban J connectivity index is 2.51. The van der Waals surface area contributed by atoms with E-state index in [1.807, 2.05) is 7.05 Å². The molecule has 0 aliphatic carbocycles. The first-order valence-electron chi connectivity index (χ1n) is 2.59. The van der Waals surface area contributed by atoms with E-state index in [-0.39, 0.29) is 5.78 Å². The molecule has 0 aromatic carbocycles. The highest BCUT2D eigenvalue weighted by Gasteiger charge is 2.25. The number of aliphatic hydroxyl groups is 1. The maximum atomic E-state index is 10.5. The molecule has 0 saturated carbocycles. The van der Waals surface area contributed by atoms with E-state index in [1.54, 1.807) is 4.90 Å². The first-order chi connectivity index (χ1) is 3.70. The molecular formula is C5H9NO2. The summed E-state index contributed by atoms with van der Waals surface area (Å²) in [5.41, 5.74) is 0. The first kappa shape index (κ1) is 5.72. The van der Waals surface area contributed by atoms with Gasteiger partial charge in [-0.25, -0.2) is 0 Å². The molecule has 0 amide bonds. The Labute approximate surface area is 47.9 Å². The third-order valence-electron chi connectivity index (χ3n) is 1.28. The summed E-state index contributed by atoms with van der Waals surface area (Å²) in [5, 5.41) is 8.78. The van der Waals surface area contributed by atoms with Crippen LogP contribution in [-0.2, 0) is 4.79 Å². The fraction of sp³-hybridized carbons (Fsp3) is 0.800. The molecule has 1 saturated heterocycles. The highest BCUT2D eigenvalue weighted by Crippen LogP contribution is 2.00. The molecule has 0 radical (unpaired) electrons. The Morgan fingerprint density at radius 2 is 2.50 bits per heavy atom. The smallest absolute Gasteiger partial charge is 0.176 e. The van der Waals surface area contributed by atoms with Crippen molar-refractivity contribution in [2.45, 2.75) is 6.10 Å². The summed E-state index contributed by atoms with van der Waals surface area (Å²) in [6.07, 6.45) is -0.722. The second-order valence-electron chi connectivity index (χ2n) is 2.18. The zero-order valence-corrected chi connectivity index (χ0v) is 4.79. The summed E-state index contributed by atoms with van der Waals surface area (Å²) in [4.78, 5) is 12.3. The number of likely N-dealkylation sites (N-methyl/N-ethyl adjacent to an activating group) is 1. The summed E-state index contributed by atoms with van der Waals surface area (Å²) in [6, 6.07) is 0. The van der Waals surface area contributed by atoms with Gasteiger partial charge in [0.1, 0.15) is 6.10 Å². The molecule has 3 nitrogen and oxygen atoms in total. The largest absolute Gasteiger partial charge is 0.384 e. The van der Waals surface area contributed by atoms with E-state index in [0.29, 0.717) is 13.1 Å². The number of nitrogens with zero attached hydrogens (tertiary/aromatic N) is 1. The standard InChI is InChI=1S/C5H9NO2/c1-6-2-4(7)5(8)3-6/h4,7H,2-3H2,1H3. The number of hydrogen-bond acceptors (Lipinski definition) is 3. The van der Waals surface area contributed by atoms with Gasteiger partial charge in [-0.15, -0.1) is 0 Å². The zero-order valence-electron chi connectivity index (χ0n) is 4.79. The lowest BCUT2D eigenvalue weighted by molar-refractivity contribution is -0.123. The molecule has 1 fully saturated rings. The van der Waals surface area contributed by atoms with Crippen LogP contribution in [0.1, 0.15) is 0 Å². The summed E-state index contributed by atoms with van der Waals surface area (Å²) >= 11 is 0. The molecule has 1 heterocycles. The number of aliphatic hydroxyl groups excluding tert-OH is 1. The Morgan fingerprint density at radius 3 is 2.62 bits per heavy atom. The van der Waals surface area contributed by atoms with E-state index in [1.165, 1.54) is 0 Å². The lowest BCUT2D eigenvalue weighted by atomic mass is 10.3. The van der Waals surface area contributed by atoms with E-state index >= 15 is 0 Å². The molecule has 8 heavy (non-hydrogen) atoms. The number of likely N-dealkylation sites (tertiary alicyclic amines) is 1. The maximum Gasteiger partial charge on any atom is 0.176 e. The molecule has 0 bridgehead atoms. The van der Waals surface area contributed by atoms with Crippen LogP contribution in [0.4, 0.5) is 0 Å². The van der Waals surface area contributed by atoms with Gasteiger partial charge in [-0.3, -0.25) is 9.69 Å². The number of carbonyl (C=O) groups is 1. The van der Waals surface area contributed by atoms with Crippen LogP contribution in [0.15, 0.2) is 0 Å².